The first-order valence-electron chi connectivity index (χ1n) is 7.61. The number of hydrogen-bond acceptors (Lipinski definition) is 2. The van der Waals surface area contributed by atoms with E-state index < -0.39 is 0 Å². The van der Waals surface area contributed by atoms with Gasteiger partial charge in [0.2, 0.25) is 5.91 Å². The predicted molar refractivity (Wildman–Crippen MR) is 84.0 cm³/mol. The SMILES string of the molecule is CC(C)CN(C(=O)CC1CNc2ccccc21)C(C)C. The quantitative estimate of drug-likeness (QED) is 0.891. The van der Waals surface area contributed by atoms with E-state index in [1.807, 2.05) is 11.0 Å². The molecule has 2 rings (SSSR count). The summed E-state index contributed by atoms with van der Waals surface area (Å²) >= 11 is 0. The molecule has 0 aliphatic carbocycles. The molecular weight excluding hydrogens is 248 g/mol. The normalized spacial score (nSPS) is 17.2. The summed E-state index contributed by atoms with van der Waals surface area (Å²) in [6, 6.07) is 8.59. The largest absolute Gasteiger partial charge is 0.384 e. The zero-order valence-electron chi connectivity index (χ0n) is 13.0. The first kappa shape index (κ1) is 14.9. The van der Waals surface area contributed by atoms with Gasteiger partial charge in [-0.15, -0.1) is 0 Å². The fraction of sp³-hybridized carbons (Fsp3) is 0.588. The molecule has 3 nitrogen and oxygen atoms in total. The molecule has 0 fully saturated rings. The van der Waals surface area contributed by atoms with Crippen molar-refractivity contribution in [3.8, 4) is 0 Å². The van der Waals surface area contributed by atoms with Crippen molar-refractivity contribution < 1.29 is 4.79 Å². The Morgan fingerprint density at radius 2 is 2.00 bits per heavy atom. The van der Waals surface area contributed by atoms with Gasteiger partial charge in [0.15, 0.2) is 0 Å². The maximum atomic E-state index is 12.6. The number of para-hydroxylation sites is 1. The van der Waals surface area contributed by atoms with Gasteiger partial charge in [0, 0.05) is 37.2 Å². The first-order valence-corrected chi connectivity index (χ1v) is 7.61. The lowest BCUT2D eigenvalue weighted by Crippen LogP contribution is -2.40. The van der Waals surface area contributed by atoms with E-state index in [4.69, 9.17) is 0 Å². The van der Waals surface area contributed by atoms with E-state index in [-0.39, 0.29) is 11.9 Å². The number of anilines is 1. The molecule has 1 aromatic carbocycles. The van der Waals surface area contributed by atoms with Crippen LogP contribution in [0.4, 0.5) is 5.69 Å². The van der Waals surface area contributed by atoms with E-state index in [0.29, 0.717) is 18.3 Å². The standard InChI is InChI=1S/C17H26N2O/c1-12(2)11-19(13(3)4)17(20)9-14-10-18-16-8-6-5-7-15(14)16/h5-8,12-14,18H,9-11H2,1-4H3. The molecule has 110 valence electrons. The number of amides is 1. The first-order chi connectivity index (χ1) is 9.49. The highest BCUT2D eigenvalue weighted by atomic mass is 16.2. The molecule has 0 bridgehead atoms. The van der Waals surface area contributed by atoms with Crippen molar-refractivity contribution >= 4 is 11.6 Å². The lowest BCUT2D eigenvalue weighted by Gasteiger charge is -2.29. The third-order valence-corrected chi connectivity index (χ3v) is 3.87. The summed E-state index contributed by atoms with van der Waals surface area (Å²) in [7, 11) is 0. The second kappa shape index (κ2) is 6.29. The van der Waals surface area contributed by atoms with E-state index in [9.17, 15) is 4.79 Å². The van der Waals surface area contributed by atoms with Gasteiger partial charge in [0.1, 0.15) is 0 Å². The lowest BCUT2D eigenvalue weighted by molar-refractivity contribution is -0.133. The zero-order valence-corrected chi connectivity index (χ0v) is 13.0. The van der Waals surface area contributed by atoms with E-state index in [0.717, 1.165) is 13.1 Å². The van der Waals surface area contributed by atoms with E-state index >= 15 is 0 Å². The highest BCUT2D eigenvalue weighted by Crippen LogP contribution is 2.33. The molecule has 0 saturated heterocycles. The molecule has 0 aromatic heterocycles. The summed E-state index contributed by atoms with van der Waals surface area (Å²) in [6.45, 7) is 10.2. The molecule has 1 amide bonds. The Morgan fingerprint density at radius 1 is 1.30 bits per heavy atom. The molecule has 1 unspecified atom stereocenters. The Labute approximate surface area is 122 Å². The Morgan fingerprint density at radius 3 is 2.65 bits per heavy atom. The van der Waals surface area contributed by atoms with Gasteiger partial charge in [0.05, 0.1) is 0 Å². The van der Waals surface area contributed by atoms with Crippen LogP contribution < -0.4 is 5.32 Å². The lowest BCUT2D eigenvalue weighted by atomic mass is 9.97. The summed E-state index contributed by atoms with van der Waals surface area (Å²) < 4.78 is 0. The fourth-order valence-electron chi connectivity index (χ4n) is 2.86. The predicted octanol–water partition coefficient (Wildman–Crippen LogP) is 3.48. The number of hydrogen-bond donors (Lipinski definition) is 1. The second-order valence-electron chi connectivity index (χ2n) is 6.40. The monoisotopic (exact) mass is 274 g/mol. The molecule has 1 N–H and O–H groups in total. The molecule has 1 aliphatic rings. The van der Waals surface area contributed by atoms with Crippen LogP contribution in [0.3, 0.4) is 0 Å². The van der Waals surface area contributed by atoms with Crippen molar-refractivity contribution in [2.24, 2.45) is 5.92 Å². The number of carbonyl (C=O) groups is 1. The third-order valence-electron chi connectivity index (χ3n) is 3.87. The molecule has 3 heteroatoms. The molecule has 1 aromatic rings. The number of benzene rings is 1. The molecular formula is C17H26N2O. The summed E-state index contributed by atoms with van der Waals surface area (Å²) in [4.78, 5) is 14.6. The van der Waals surface area contributed by atoms with Gasteiger partial charge >= 0.3 is 0 Å². The zero-order chi connectivity index (χ0) is 14.7. The average Bonchev–Trinajstić information content (AvgIpc) is 2.79. The van der Waals surface area contributed by atoms with Gasteiger partial charge < -0.3 is 10.2 Å². The van der Waals surface area contributed by atoms with Gasteiger partial charge in [-0.25, -0.2) is 0 Å². The average molecular weight is 274 g/mol. The smallest absolute Gasteiger partial charge is 0.223 e. The Bertz CT molecular complexity index is 468. The summed E-state index contributed by atoms with van der Waals surface area (Å²) in [6.07, 6.45) is 0.606. The van der Waals surface area contributed by atoms with Crippen molar-refractivity contribution in [2.75, 3.05) is 18.4 Å². The third kappa shape index (κ3) is 3.33. The number of carbonyl (C=O) groups excluding carboxylic acids is 1. The van der Waals surface area contributed by atoms with Crippen molar-refractivity contribution in [2.45, 2.75) is 46.1 Å². The number of nitrogens with zero attached hydrogens (tertiary/aromatic N) is 1. The number of fused-ring (bicyclic) bond motifs is 1. The van der Waals surface area contributed by atoms with Crippen LogP contribution in [0.15, 0.2) is 24.3 Å². The number of rotatable bonds is 5. The van der Waals surface area contributed by atoms with Crippen molar-refractivity contribution in [3.63, 3.8) is 0 Å². The molecule has 20 heavy (non-hydrogen) atoms. The molecule has 0 spiro atoms. The van der Waals surface area contributed by atoms with Gasteiger partial charge in [0.25, 0.3) is 0 Å². The maximum absolute atomic E-state index is 12.6. The van der Waals surface area contributed by atoms with Gasteiger partial charge in [-0.3, -0.25) is 4.79 Å². The second-order valence-corrected chi connectivity index (χ2v) is 6.40. The van der Waals surface area contributed by atoms with Gasteiger partial charge in [-0.05, 0) is 31.4 Å². The maximum Gasteiger partial charge on any atom is 0.223 e. The molecule has 0 radical (unpaired) electrons. The molecule has 1 heterocycles. The topological polar surface area (TPSA) is 32.3 Å². The minimum absolute atomic E-state index is 0.273. The van der Waals surface area contributed by atoms with E-state index in [1.165, 1.54) is 11.3 Å². The van der Waals surface area contributed by atoms with Crippen LogP contribution in [0, 0.1) is 5.92 Å². The van der Waals surface area contributed by atoms with Gasteiger partial charge in [-0.1, -0.05) is 32.0 Å². The van der Waals surface area contributed by atoms with E-state index in [2.05, 4.69) is 51.2 Å². The summed E-state index contributed by atoms with van der Waals surface area (Å²) in [5.41, 5.74) is 2.47. The fourth-order valence-corrected chi connectivity index (χ4v) is 2.86. The highest BCUT2D eigenvalue weighted by molar-refractivity contribution is 5.78. The Kier molecular flexibility index (Phi) is 4.69. The van der Waals surface area contributed by atoms with Crippen LogP contribution >= 0.6 is 0 Å². The minimum atomic E-state index is 0.273. The summed E-state index contributed by atoms with van der Waals surface area (Å²) in [5.74, 6) is 1.10. The number of nitrogens with one attached hydrogen (secondary N) is 1. The minimum Gasteiger partial charge on any atom is -0.384 e. The van der Waals surface area contributed by atoms with Crippen LogP contribution in [0.25, 0.3) is 0 Å². The summed E-state index contributed by atoms with van der Waals surface area (Å²) in [5, 5.41) is 3.39. The van der Waals surface area contributed by atoms with Crippen molar-refractivity contribution in [1.29, 1.82) is 0 Å². The van der Waals surface area contributed by atoms with Gasteiger partial charge in [-0.2, -0.15) is 0 Å². The molecule has 1 aliphatic heterocycles. The molecule has 1 atom stereocenters. The Hall–Kier alpha value is -1.51. The van der Waals surface area contributed by atoms with Crippen LogP contribution in [-0.4, -0.2) is 29.9 Å². The van der Waals surface area contributed by atoms with Crippen LogP contribution in [0.2, 0.25) is 0 Å². The van der Waals surface area contributed by atoms with Crippen LogP contribution in [0.1, 0.15) is 45.6 Å². The van der Waals surface area contributed by atoms with E-state index in [1.54, 1.807) is 0 Å². The van der Waals surface area contributed by atoms with Crippen LogP contribution in [-0.2, 0) is 4.79 Å². The van der Waals surface area contributed by atoms with Crippen LogP contribution in [0.5, 0.6) is 0 Å². The molecule has 0 saturated carbocycles. The van der Waals surface area contributed by atoms with Crippen molar-refractivity contribution in [1.82, 2.24) is 4.90 Å². The van der Waals surface area contributed by atoms with Crippen molar-refractivity contribution in [3.05, 3.63) is 29.8 Å². The Balaban J connectivity index is 2.04. The highest BCUT2D eigenvalue weighted by Gasteiger charge is 2.27.